The first kappa shape index (κ1) is 26.2. The maximum absolute atomic E-state index is 5.66. The smallest absolute Gasteiger partial charge is 0.191 e. The van der Waals surface area contributed by atoms with Crippen LogP contribution in [0.2, 0.25) is 0 Å². The van der Waals surface area contributed by atoms with E-state index in [1.807, 2.05) is 7.05 Å². The lowest BCUT2D eigenvalue weighted by molar-refractivity contribution is 0.0513. The first-order valence-electron chi connectivity index (χ1n) is 11.5. The molecule has 0 aliphatic carbocycles. The van der Waals surface area contributed by atoms with Crippen molar-refractivity contribution in [2.24, 2.45) is 10.9 Å². The fraction of sp³-hybridized carbons (Fsp3) is 0.708. The van der Waals surface area contributed by atoms with E-state index in [2.05, 4.69) is 51.7 Å². The number of nitrogens with one attached hydrogen (secondary N) is 2. The molecular formula is C24H41IN4O2. The molecule has 2 aliphatic heterocycles. The highest BCUT2D eigenvalue weighted by atomic mass is 127. The molecule has 0 unspecified atom stereocenters. The number of nitrogens with zero attached hydrogens (tertiary/aromatic N) is 2. The largest absolute Gasteiger partial charge is 0.497 e. The van der Waals surface area contributed by atoms with Crippen LogP contribution in [-0.4, -0.2) is 71.0 Å². The number of likely N-dealkylation sites (tertiary alicyclic amines) is 1. The van der Waals surface area contributed by atoms with E-state index >= 15 is 0 Å². The van der Waals surface area contributed by atoms with Gasteiger partial charge in [0.2, 0.25) is 0 Å². The Labute approximate surface area is 205 Å². The van der Waals surface area contributed by atoms with Gasteiger partial charge in [0.25, 0.3) is 0 Å². The zero-order valence-corrected chi connectivity index (χ0v) is 21.8. The van der Waals surface area contributed by atoms with Gasteiger partial charge in [-0.3, -0.25) is 4.99 Å². The molecule has 0 bridgehead atoms. The SMILES string of the molecule is CN=C(NCCCN1CCC(C)CC1)NCC1(c2ccc(OC)cc2)CCOCC1.I. The predicted octanol–water partition coefficient (Wildman–Crippen LogP) is 3.65. The average molecular weight is 545 g/mol. The third-order valence-electron chi connectivity index (χ3n) is 6.79. The molecule has 2 aliphatic rings. The van der Waals surface area contributed by atoms with E-state index in [0.29, 0.717) is 0 Å². The van der Waals surface area contributed by atoms with Gasteiger partial charge in [-0.05, 0) is 75.4 Å². The molecule has 7 heteroatoms. The summed E-state index contributed by atoms with van der Waals surface area (Å²) < 4.78 is 11.0. The predicted molar refractivity (Wildman–Crippen MR) is 139 cm³/mol. The average Bonchev–Trinajstić information content (AvgIpc) is 2.80. The molecule has 176 valence electrons. The van der Waals surface area contributed by atoms with Crippen molar-refractivity contribution in [3.8, 4) is 5.75 Å². The molecule has 3 rings (SSSR count). The maximum Gasteiger partial charge on any atom is 0.191 e. The second kappa shape index (κ2) is 13.5. The zero-order chi connectivity index (χ0) is 21.2. The third kappa shape index (κ3) is 7.79. The molecule has 2 N–H and O–H groups in total. The van der Waals surface area contributed by atoms with Crippen molar-refractivity contribution < 1.29 is 9.47 Å². The van der Waals surface area contributed by atoms with Crippen LogP contribution < -0.4 is 15.4 Å². The van der Waals surface area contributed by atoms with Gasteiger partial charge in [0.1, 0.15) is 5.75 Å². The molecule has 2 fully saturated rings. The highest BCUT2D eigenvalue weighted by Crippen LogP contribution is 2.35. The number of ether oxygens (including phenoxy) is 2. The van der Waals surface area contributed by atoms with E-state index in [1.165, 1.54) is 38.0 Å². The van der Waals surface area contributed by atoms with E-state index in [-0.39, 0.29) is 29.4 Å². The van der Waals surface area contributed by atoms with Crippen LogP contribution >= 0.6 is 24.0 Å². The molecule has 0 radical (unpaired) electrons. The Kier molecular flexibility index (Phi) is 11.4. The summed E-state index contributed by atoms with van der Waals surface area (Å²) in [5.74, 6) is 2.68. The molecule has 2 saturated heterocycles. The summed E-state index contributed by atoms with van der Waals surface area (Å²) in [6, 6.07) is 8.50. The molecule has 0 amide bonds. The van der Waals surface area contributed by atoms with Gasteiger partial charge in [0, 0.05) is 38.8 Å². The van der Waals surface area contributed by atoms with E-state index in [4.69, 9.17) is 9.47 Å². The van der Waals surface area contributed by atoms with Gasteiger partial charge in [-0.2, -0.15) is 0 Å². The summed E-state index contributed by atoms with van der Waals surface area (Å²) >= 11 is 0. The normalized spacial score (nSPS) is 20.0. The summed E-state index contributed by atoms with van der Waals surface area (Å²) in [5, 5.41) is 7.10. The summed E-state index contributed by atoms with van der Waals surface area (Å²) in [7, 11) is 3.56. The Hall–Kier alpha value is -1.06. The fourth-order valence-electron chi connectivity index (χ4n) is 4.54. The number of hydrogen-bond acceptors (Lipinski definition) is 4. The van der Waals surface area contributed by atoms with Gasteiger partial charge in [0.05, 0.1) is 7.11 Å². The lowest BCUT2D eigenvalue weighted by Gasteiger charge is -2.38. The van der Waals surface area contributed by atoms with Crippen molar-refractivity contribution in [1.82, 2.24) is 15.5 Å². The second-order valence-corrected chi connectivity index (χ2v) is 8.85. The third-order valence-corrected chi connectivity index (χ3v) is 6.79. The van der Waals surface area contributed by atoms with Crippen LogP contribution in [0.15, 0.2) is 29.3 Å². The standard InChI is InChI=1S/C24H40N4O2.HI/c1-20-9-15-28(16-10-20)14-4-13-26-23(25-2)27-19-24(11-17-30-18-12-24)21-5-7-22(29-3)8-6-21;/h5-8,20H,4,9-19H2,1-3H3,(H2,25,26,27);1H. The summed E-state index contributed by atoms with van der Waals surface area (Å²) in [6.45, 7) is 9.44. The second-order valence-electron chi connectivity index (χ2n) is 8.85. The van der Waals surface area contributed by atoms with Crippen molar-refractivity contribution in [3.05, 3.63) is 29.8 Å². The minimum absolute atomic E-state index is 0. The molecule has 0 saturated carbocycles. The Balaban J connectivity index is 0.00000341. The van der Waals surface area contributed by atoms with Crippen LogP contribution in [0, 0.1) is 5.92 Å². The fourth-order valence-corrected chi connectivity index (χ4v) is 4.54. The van der Waals surface area contributed by atoms with Crippen molar-refractivity contribution in [2.45, 2.75) is 44.4 Å². The molecule has 2 heterocycles. The molecule has 0 aromatic heterocycles. The monoisotopic (exact) mass is 544 g/mol. The van der Waals surface area contributed by atoms with Crippen molar-refractivity contribution in [2.75, 3.05) is 60.1 Å². The Bertz CT molecular complexity index is 654. The van der Waals surface area contributed by atoms with Gasteiger partial charge in [-0.1, -0.05) is 19.1 Å². The molecule has 0 atom stereocenters. The summed E-state index contributed by atoms with van der Waals surface area (Å²) in [6.07, 6.45) is 5.85. The highest BCUT2D eigenvalue weighted by molar-refractivity contribution is 14.0. The van der Waals surface area contributed by atoms with Crippen LogP contribution in [0.5, 0.6) is 5.75 Å². The van der Waals surface area contributed by atoms with E-state index < -0.39 is 0 Å². The maximum atomic E-state index is 5.66. The number of piperidine rings is 1. The Morgan fingerprint density at radius 3 is 2.45 bits per heavy atom. The van der Waals surface area contributed by atoms with E-state index in [9.17, 15) is 0 Å². The van der Waals surface area contributed by atoms with Crippen LogP contribution in [0.25, 0.3) is 0 Å². The number of aliphatic imine (C=N–C) groups is 1. The van der Waals surface area contributed by atoms with Gasteiger partial charge in [-0.15, -0.1) is 24.0 Å². The molecule has 1 aromatic rings. The number of halogens is 1. The highest BCUT2D eigenvalue weighted by Gasteiger charge is 2.34. The number of rotatable bonds is 8. The van der Waals surface area contributed by atoms with Gasteiger partial charge in [0.15, 0.2) is 5.96 Å². The first-order chi connectivity index (χ1) is 14.6. The molecule has 6 nitrogen and oxygen atoms in total. The van der Waals surface area contributed by atoms with Crippen molar-refractivity contribution in [3.63, 3.8) is 0 Å². The summed E-state index contributed by atoms with van der Waals surface area (Å²) in [5.41, 5.74) is 1.40. The number of hydrogen-bond donors (Lipinski definition) is 2. The minimum atomic E-state index is 0. The zero-order valence-electron chi connectivity index (χ0n) is 19.5. The van der Waals surface area contributed by atoms with Crippen molar-refractivity contribution >= 4 is 29.9 Å². The lowest BCUT2D eigenvalue weighted by Crippen LogP contribution is -2.48. The minimum Gasteiger partial charge on any atom is -0.497 e. The molecule has 0 spiro atoms. The van der Waals surface area contributed by atoms with Gasteiger partial charge >= 0.3 is 0 Å². The van der Waals surface area contributed by atoms with Gasteiger partial charge < -0.3 is 25.0 Å². The lowest BCUT2D eigenvalue weighted by atomic mass is 9.74. The number of methoxy groups -OCH3 is 1. The van der Waals surface area contributed by atoms with Crippen LogP contribution in [0.3, 0.4) is 0 Å². The Morgan fingerprint density at radius 1 is 1.16 bits per heavy atom. The quantitative estimate of drug-likeness (QED) is 0.227. The number of guanidine groups is 1. The van der Waals surface area contributed by atoms with Crippen LogP contribution in [0.1, 0.15) is 44.6 Å². The van der Waals surface area contributed by atoms with Crippen LogP contribution in [-0.2, 0) is 10.2 Å². The van der Waals surface area contributed by atoms with E-state index in [1.54, 1.807) is 7.11 Å². The van der Waals surface area contributed by atoms with Gasteiger partial charge in [-0.25, -0.2) is 0 Å². The molecule has 31 heavy (non-hydrogen) atoms. The molecular weight excluding hydrogens is 503 g/mol. The summed E-state index contributed by atoms with van der Waals surface area (Å²) in [4.78, 5) is 7.04. The number of benzene rings is 1. The first-order valence-corrected chi connectivity index (χ1v) is 11.5. The Morgan fingerprint density at radius 2 is 1.84 bits per heavy atom. The van der Waals surface area contributed by atoms with E-state index in [0.717, 1.165) is 63.2 Å². The molecule has 1 aromatic carbocycles. The topological polar surface area (TPSA) is 58.1 Å². The van der Waals surface area contributed by atoms with Crippen LogP contribution in [0.4, 0.5) is 0 Å². The van der Waals surface area contributed by atoms with Crippen molar-refractivity contribution in [1.29, 1.82) is 0 Å².